The van der Waals surface area contributed by atoms with Crippen LogP contribution >= 0.6 is 0 Å². The van der Waals surface area contributed by atoms with Crippen LogP contribution in [0.1, 0.15) is 45.6 Å². The van der Waals surface area contributed by atoms with Crippen molar-refractivity contribution in [1.29, 1.82) is 0 Å². The lowest BCUT2D eigenvalue weighted by Crippen LogP contribution is -2.35. The van der Waals surface area contributed by atoms with Crippen molar-refractivity contribution in [3.05, 3.63) is 29.8 Å². The fourth-order valence-electron chi connectivity index (χ4n) is 2.61. The van der Waals surface area contributed by atoms with E-state index in [1.165, 1.54) is 43.6 Å². The normalized spacial score (nSPS) is 15.9. The van der Waals surface area contributed by atoms with Gasteiger partial charge < -0.3 is 10.2 Å². The minimum atomic E-state index is -0.307. The first-order valence-corrected chi connectivity index (χ1v) is 8.09. The molecule has 2 rings (SSSR count). The summed E-state index contributed by atoms with van der Waals surface area (Å²) in [5.74, 6) is 0.118. The molecule has 1 fully saturated rings. The van der Waals surface area contributed by atoms with E-state index in [2.05, 4.69) is 34.5 Å². The number of hydrogen-bond donors (Lipinski definition) is 1. The van der Waals surface area contributed by atoms with Crippen molar-refractivity contribution in [2.24, 2.45) is 5.41 Å². The summed E-state index contributed by atoms with van der Waals surface area (Å²) in [5.41, 5.74) is 2.31. The van der Waals surface area contributed by atoms with Crippen LogP contribution in [0.15, 0.2) is 24.3 Å². The lowest BCUT2D eigenvalue weighted by Gasteiger charge is -2.28. The molecule has 21 heavy (non-hydrogen) atoms. The summed E-state index contributed by atoms with van der Waals surface area (Å²) in [7, 11) is 0. The molecule has 0 saturated carbocycles. The number of amides is 1. The summed E-state index contributed by atoms with van der Waals surface area (Å²) in [6.07, 6.45) is 4.87. The van der Waals surface area contributed by atoms with Crippen LogP contribution in [-0.4, -0.2) is 25.5 Å². The van der Waals surface area contributed by atoms with Gasteiger partial charge >= 0.3 is 0 Å². The van der Waals surface area contributed by atoms with Gasteiger partial charge in [0.25, 0.3) is 0 Å². The molecular weight excluding hydrogens is 260 g/mol. The first-order valence-electron chi connectivity index (χ1n) is 8.09. The second kappa shape index (κ2) is 6.97. The molecule has 0 aromatic heterocycles. The Morgan fingerprint density at radius 2 is 1.71 bits per heavy atom. The first kappa shape index (κ1) is 15.9. The van der Waals surface area contributed by atoms with Gasteiger partial charge in [0, 0.05) is 30.7 Å². The quantitative estimate of drug-likeness (QED) is 0.921. The van der Waals surface area contributed by atoms with E-state index in [9.17, 15) is 4.79 Å². The third kappa shape index (κ3) is 4.76. The van der Waals surface area contributed by atoms with Crippen LogP contribution in [0.25, 0.3) is 0 Å². The lowest BCUT2D eigenvalue weighted by molar-refractivity contribution is -0.128. The molecule has 0 unspecified atom stereocenters. The van der Waals surface area contributed by atoms with Crippen LogP contribution in [0, 0.1) is 5.41 Å². The zero-order chi connectivity index (χ0) is 15.3. The van der Waals surface area contributed by atoms with Gasteiger partial charge in [0.1, 0.15) is 0 Å². The molecule has 0 bridgehead atoms. The zero-order valence-corrected chi connectivity index (χ0v) is 13.6. The summed E-state index contributed by atoms with van der Waals surface area (Å²) >= 11 is 0. The van der Waals surface area contributed by atoms with E-state index in [0.717, 1.165) is 6.42 Å². The molecule has 3 nitrogen and oxygen atoms in total. The smallest absolute Gasteiger partial charge is 0.225 e. The molecule has 1 aliphatic rings. The van der Waals surface area contributed by atoms with Gasteiger partial charge in [-0.05, 0) is 43.4 Å². The van der Waals surface area contributed by atoms with E-state index < -0.39 is 0 Å². The second-order valence-corrected chi connectivity index (χ2v) is 6.97. The minimum absolute atomic E-state index is 0.118. The largest absolute Gasteiger partial charge is 0.372 e. The number of hydrogen-bond acceptors (Lipinski definition) is 2. The molecule has 0 atom stereocenters. The van der Waals surface area contributed by atoms with Crippen molar-refractivity contribution in [3.8, 4) is 0 Å². The maximum Gasteiger partial charge on any atom is 0.225 e. The number of nitrogens with one attached hydrogen (secondary N) is 1. The number of carbonyl (C=O) groups is 1. The summed E-state index contributed by atoms with van der Waals surface area (Å²) in [6.45, 7) is 8.89. The summed E-state index contributed by atoms with van der Waals surface area (Å²) < 4.78 is 0. The van der Waals surface area contributed by atoms with Gasteiger partial charge in [-0.2, -0.15) is 0 Å². The van der Waals surface area contributed by atoms with Crippen molar-refractivity contribution >= 4 is 11.6 Å². The predicted molar refractivity (Wildman–Crippen MR) is 88.7 cm³/mol. The van der Waals surface area contributed by atoms with Crippen LogP contribution in [0.3, 0.4) is 0 Å². The Kier molecular flexibility index (Phi) is 5.27. The minimum Gasteiger partial charge on any atom is -0.372 e. The fourth-order valence-corrected chi connectivity index (χ4v) is 2.61. The predicted octanol–water partition coefficient (Wildman–Crippen LogP) is 3.38. The molecule has 0 radical (unpaired) electrons. The third-order valence-electron chi connectivity index (χ3n) is 4.04. The molecule has 1 heterocycles. The highest BCUT2D eigenvalue weighted by atomic mass is 16.2. The molecule has 1 aliphatic heterocycles. The van der Waals surface area contributed by atoms with E-state index in [1.807, 2.05) is 20.8 Å². The van der Waals surface area contributed by atoms with Gasteiger partial charge in [-0.15, -0.1) is 0 Å². The Morgan fingerprint density at radius 1 is 1.10 bits per heavy atom. The van der Waals surface area contributed by atoms with E-state index in [1.54, 1.807) is 0 Å². The Bertz CT molecular complexity index is 453. The zero-order valence-electron chi connectivity index (χ0n) is 13.6. The van der Waals surface area contributed by atoms with Crippen molar-refractivity contribution in [2.45, 2.75) is 46.5 Å². The maximum absolute atomic E-state index is 11.8. The molecule has 1 aromatic rings. The van der Waals surface area contributed by atoms with Gasteiger partial charge in [-0.25, -0.2) is 0 Å². The molecular formula is C18H28N2O. The molecule has 0 spiro atoms. The summed E-state index contributed by atoms with van der Waals surface area (Å²) in [4.78, 5) is 14.3. The Morgan fingerprint density at radius 3 is 2.29 bits per heavy atom. The van der Waals surface area contributed by atoms with Crippen molar-refractivity contribution < 1.29 is 4.79 Å². The van der Waals surface area contributed by atoms with Crippen LogP contribution in [0.5, 0.6) is 0 Å². The number of rotatable bonds is 4. The standard InChI is InChI=1S/C18H28N2O/c1-18(2,3)17(21)19-12-11-15-7-9-16(10-8-15)20-13-5-4-6-14-20/h7-10H,4-6,11-14H2,1-3H3,(H,19,21). The maximum atomic E-state index is 11.8. The van der Waals surface area contributed by atoms with E-state index in [0.29, 0.717) is 6.54 Å². The monoisotopic (exact) mass is 288 g/mol. The van der Waals surface area contributed by atoms with Crippen molar-refractivity contribution in [2.75, 3.05) is 24.5 Å². The highest BCUT2D eigenvalue weighted by Crippen LogP contribution is 2.20. The van der Waals surface area contributed by atoms with Gasteiger partial charge in [0.2, 0.25) is 5.91 Å². The van der Waals surface area contributed by atoms with Crippen LogP contribution in [0.2, 0.25) is 0 Å². The molecule has 1 saturated heterocycles. The molecule has 116 valence electrons. The summed E-state index contributed by atoms with van der Waals surface area (Å²) in [5, 5.41) is 3.00. The van der Waals surface area contributed by atoms with Gasteiger partial charge in [-0.3, -0.25) is 4.79 Å². The molecule has 1 amide bonds. The first-order chi connectivity index (χ1) is 9.97. The van der Waals surface area contributed by atoms with E-state index >= 15 is 0 Å². The van der Waals surface area contributed by atoms with Crippen molar-refractivity contribution in [1.82, 2.24) is 5.32 Å². The highest BCUT2D eigenvalue weighted by molar-refractivity contribution is 5.81. The average molecular weight is 288 g/mol. The molecule has 1 N–H and O–H groups in total. The SMILES string of the molecule is CC(C)(C)C(=O)NCCc1ccc(N2CCCCC2)cc1. The number of benzene rings is 1. The topological polar surface area (TPSA) is 32.3 Å². The average Bonchev–Trinajstić information content (AvgIpc) is 2.48. The van der Waals surface area contributed by atoms with E-state index in [4.69, 9.17) is 0 Å². The highest BCUT2D eigenvalue weighted by Gasteiger charge is 2.20. The lowest BCUT2D eigenvalue weighted by atomic mass is 9.95. The van der Waals surface area contributed by atoms with Crippen LogP contribution in [-0.2, 0) is 11.2 Å². The van der Waals surface area contributed by atoms with Crippen LogP contribution in [0.4, 0.5) is 5.69 Å². The van der Waals surface area contributed by atoms with Gasteiger partial charge in [0.15, 0.2) is 0 Å². The second-order valence-electron chi connectivity index (χ2n) is 6.97. The van der Waals surface area contributed by atoms with Gasteiger partial charge in [0.05, 0.1) is 0 Å². The number of carbonyl (C=O) groups excluding carboxylic acids is 1. The Balaban J connectivity index is 1.81. The number of anilines is 1. The molecule has 0 aliphatic carbocycles. The molecule has 1 aromatic carbocycles. The fraction of sp³-hybridized carbons (Fsp3) is 0.611. The van der Waals surface area contributed by atoms with Gasteiger partial charge in [-0.1, -0.05) is 32.9 Å². The summed E-state index contributed by atoms with van der Waals surface area (Å²) in [6, 6.07) is 8.80. The number of nitrogens with zero attached hydrogens (tertiary/aromatic N) is 1. The van der Waals surface area contributed by atoms with Crippen LogP contribution < -0.4 is 10.2 Å². The Hall–Kier alpha value is -1.51. The molecule has 3 heteroatoms. The third-order valence-corrected chi connectivity index (χ3v) is 4.04. The number of piperidine rings is 1. The van der Waals surface area contributed by atoms with E-state index in [-0.39, 0.29) is 11.3 Å². The Labute approximate surface area is 128 Å². The van der Waals surface area contributed by atoms with Crippen molar-refractivity contribution in [3.63, 3.8) is 0 Å².